The lowest BCUT2D eigenvalue weighted by atomic mass is 9.47. The second kappa shape index (κ2) is 6.31. The van der Waals surface area contributed by atoms with Crippen molar-refractivity contribution in [2.75, 3.05) is 0 Å². The molecule has 4 aliphatic carbocycles. The minimum absolute atomic E-state index is 0.0314. The van der Waals surface area contributed by atoms with Crippen LogP contribution in [0.3, 0.4) is 0 Å². The van der Waals surface area contributed by atoms with E-state index in [1.807, 2.05) is 12.1 Å². The van der Waals surface area contributed by atoms with Gasteiger partial charge in [-0.25, -0.2) is 0 Å². The topological polar surface area (TPSA) is 68.2 Å². The Morgan fingerprint density at radius 3 is 2.07 bits per heavy atom. The molecule has 6 heteroatoms. The zero-order valence-corrected chi connectivity index (χ0v) is 17.3. The van der Waals surface area contributed by atoms with Gasteiger partial charge in [-0.05, 0) is 87.5 Å². The summed E-state index contributed by atoms with van der Waals surface area (Å²) in [7, 11) is 0. The van der Waals surface area contributed by atoms with Crippen LogP contribution in [0, 0.1) is 23.2 Å². The van der Waals surface area contributed by atoms with E-state index in [0.29, 0.717) is 11.6 Å². The molecule has 0 N–H and O–H groups in total. The number of rotatable bonds is 3. The highest BCUT2D eigenvalue weighted by Gasteiger charge is 2.65. The third-order valence-corrected chi connectivity index (χ3v) is 7.57. The lowest BCUT2D eigenvalue weighted by molar-refractivity contribution is -0.216. The number of nitrogens with zero attached hydrogens (tertiary/aromatic N) is 2. The molecule has 5 aliphatic rings. The zero-order chi connectivity index (χ0) is 20.4. The number of carbonyl (C=O) groups is 2. The van der Waals surface area contributed by atoms with Crippen LogP contribution >= 0.6 is 0 Å². The summed E-state index contributed by atoms with van der Waals surface area (Å²) in [6.07, 6.45) is 7.36. The molecule has 0 aromatic heterocycles. The molecule has 4 saturated carbocycles. The minimum atomic E-state index is -0.751. The number of esters is 1. The molecule has 1 aromatic carbocycles. The van der Waals surface area contributed by atoms with Gasteiger partial charge in [-0.3, -0.25) is 9.59 Å². The summed E-state index contributed by atoms with van der Waals surface area (Å²) in [5.41, 5.74) is -0.00432. The Morgan fingerprint density at radius 2 is 1.59 bits per heavy atom. The number of hydrogen-bond acceptors (Lipinski definition) is 5. The fourth-order valence-electron chi connectivity index (χ4n) is 6.77. The van der Waals surface area contributed by atoms with E-state index in [1.165, 1.54) is 26.2 Å². The molecule has 0 spiro atoms. The Hall–Kier alpha value is -2.37. The van der Waals surface area contributed by atoms with Gasteiger partial charge in [-0.2, -0.15) is 5.01 Å². The predicted molar refractivity (Wildman–Crippen MR) is 107 cm³/mol. The maximum absolute atomic E-state index is 12.6. The molecule has 29 heavy (non-hydrogen) atoms. The molecule has 1 heterocycles. The molecule has 1 aliphatic heterocycles. The van der Waals surface area contributed by atoms with Crippen LogP contribution in [0.5, 0.6) is 5.75 Å². The van der Waals surface area contributed by atoms with Gasteiger partial charge in [-0.1, -0.05) is 0 Å². The van der Waals surface area contributed by atoms with Crippen LogP contribution < -0.4 is 4.74 Å². The van der Waals surface area contributed by atoms with Gasteiger partial charge in [0.15, 0.2) is 0 Å². The first-order valence-corrected chi connectivity index (χ1v) is 10.7. The van der Waals surface area contributed by atoms with Crippen molar-refractivity contribution in [1.82, 2.24) is 5.01 Å². The van der Waals surface area contributed by atoms with E-state index in [4.69, 9.17) is 9.47 Å². The normalized spacial score (nSPS) is 37.3. The van der Waals surface area contributed by atoms with Crippen LogP contribution in [0.25, 0.3) is 0 Å². The Balaban J connectivity index is 1.46. The van der Waals surface area contributed by atoms with Crippen molar-refractivity contribution in [2.24, 2.45) is 28.3 Å². The fourth-order valence-corrected chi connectivity index (χ4v) is 6.77. The molecule has 0 unspecified atom stereocenters. The SMILES string of the molecule is CC(=O)Oc1ccc(C2=NN(C(C)=O)[C@](C)(C34CC5CC(CC(C5)C3)C4)O2)cc1. The zero-order valence-electron chi connectivity index (χ0n) is 17.3. The van der Waals surface area contributed by atoms with Gasteiger partial charge >= 0.3 is 5.97 Å². The number of carbonyl (C=O) groups excluding carboxylic acids is 2. The lowest BCUT2D eigenvalue weighted by Gasteiger charge is -2.61. The summed E-state index contributed by atoms with van der Waals surface area (Å²) >= 11 is 0. The van der Waals surface area contributed by atoms with Gasteiger partial charge in [0.25, 0.3) is 0 Å². The van der Waals surface area contributed by atoms with Crippen LogP contribution in [-0.4, -0.2) is 28.5 Å². The third-order valence-electron chi connectivity index (χ3n) is 7.57. The molecule has 6 nitrogen and oxygen atoms in total. The summed E-state index contributed by atoms with van der Waals surface area (Å²) in [6, 6.07) is 7.09. The van der Waals surface area contributed by atoms with E-state index in [1.54, 1.807) is 24.1 Å². The molecule has 0 saturated heterocycles. The molecular weight excluding hydrogens is 368 g/mol. The second-order valence-electron chi connectivity index (χ2n) is 9.64. The van der Waals surface area contributed by atoms with Crippen molar-refractivity contribution in [3.63, 3.8) is 0 Å². The highest BCUT2D eigenvalue weighted by atomic mass is 16.6. The first-order chi connectivity index (χ1) is 13.8. The van der Waals surface area contributed by atoms with Gasteiger partial charge in [0.1, 0.15) is 5.75 Å². The Bertz CT molecular complexity index is 855. The quantitative estimate of drug-likeness (QED) is 0.570. The summed E-state index contributed by atoms with van der Waals surface area (Å²) < 4.78 is 11.7. The molecule has 1 atom stereocenters. The van der Waals surface area contributed by atoms with Crippen molar-refractivity contribution in [3.8, 4) is 5.75 Å². The Labute approximate surface area is 171 Å². The number of ether oxygens (including phenoxy) is 2. The van der Waals surface area contributed by atoms with Gasteiger partial charge in [0, 0.05) is 24.8 Å². The highest BCUT2D eigenvalue weighted by Crippen LogP contribution is 2.65. The van der Waals surface area contributed by atoms with E-state index in [9.17, 15) is 9.59 Å². The number of amides is 1. The van der Waals surface area contributed by atoms with Crippen LogP contribution in [0.2, 0.25) is 0 Å². The van der Waals surface area contributed by atoms with Gasteiger partial charge in [0.05, 0.1) is 0 Å². The Morgan fingerprint density at radius 1 is 1.03 bits per heavy atom. The van der Waals surface area contributed by atoms with E-state index in [2.05, 4.69) is 12.0 Å². The van der Waals surface area contributed by atoms with Crippen LogP contribution in [0.1, 0.15) is 64.9 Å². The van der Waals surface area contributed by atoms with Crippen LogP contribution in [0.4, 0.5) is 0 Å². The summed E-state index contributed by atoms with van der Waals surface area (Å²) in [4.78, 5) is 23.7. The van der Waals surface area contributed by atoms with Crippen molar-refractivity contribution in [2.45, 2.75) is 65.0 Å². The minimum Gasteiger partial charge on any atom is -0.447 e. The van der Waals surface area contributed by atoms with E-state index in [-0.39, 0.29) is 17.3 Å². The van der Waals surface area contributed by atoms with Crippen LogP contribution in [-0.2, 0) is 14.3 Å². The fraction of sp³-hybridized carbons (Fsp3) is 0.609. The van der Waals surface area contributed by atoms with Gasteiger partial charge < -0.3 is 9.47 Å². The molecule has 4 fully saturated rings. The molecule has 1 amide bonds. The second-order valence-corrected chi connectivity index (χ2v) is 9.64. The Kier molecular flexibility index (Phi) is 4.06. The number of hydrazone groups is 1. The van der Waals surface area contributed by atoms with Crippen molar-refractivity contribution in [1.29, 1.82) is 0 Å². The first kappa shape index (κ1) is 18.6. The predicted octanol–water partition coefficient (Wildman–Crippen LogP) is 4.08. The number of benzene rings is 1. The van der Waals surface area contributed by atoms with E-state index >= 15 is 0 Å². The largest absolute Gasteiger partial charge is 0.447 e. The van der Waals surface area contributed by atoms with Crippen molar-refractivity contribution in [3.05, 3.63) is 29.8 Å². The monoisotopic (exact) mass is 396 g/mol. The maximum Gasteiger partial charge on any atom is 0.308 e. The van der Waals surface area contributed by atoms with Crippen LogP contribution in [0.15, 0.2) is 29.4 Å². The summed E-state index contributed by atoms with van der Waals surface area (Å²) in [6.45, 7) is 5.00. The molecule has 154 valence electrons. The molecule has 1 aromatic rings. The average molecular weight is 396 g/mol. The van der Waals surface area contributed by atoms with Crippen molar-refractivity contribution < 1.29 is 19.1 Å². The lowest BCUT2D eigenvalue weighted by Crippen LogP contribution is -2.63. The van der Waals surface area contributed by atoms with Gasteiger partial charge in [0.2, 0.25) is 17.5 Å². The summed E-state index contributed by atoms with van der Waals surface area (Å²) in [5.74, 6) is 2.76. The van der Waals surface area contributed by atoms with E-state index < -0.39 is 5.72 Å². The standard InChI is InChI=1S/C23H28N2O4/c1-14(26)25-22(3,23-11-16-8-17(12-23)10-18(9-16)13-23)29-21(24-25)19-4-6-20(7-5-19)28-15(2)27/h4-7,16-18H,8-13H2,1-3H3/t16?,17?,18?,22-,23?/m0/s1. The number of hydrogen-bond donors (Lipinski definition) is 0. The molecule has 0 radical (unpaired) electrons. The smallest absolute Gasteiger partial charge is 0.308 e. The molecular formula is C23H28N2O4. The van der Waals surface area contributed by atoms with E-state index in [0.717, 1.165) is 42.6 Å². The van der Waals surface area contributed by atoms with Gasteiger partial charge in [-0.15, -0.1) is 5.10 Å². The third kappa shape index (κ3) is 2.87. The molecule has 6 rings (SSSR count). The highest BCUT2D eigenvalue weighted by molar-refractivity contribution is 5.96. The first-order valence-electron chi connectivity index (χ1n) is 10.7. The van der Waals surface area contributed by atoms with Crippen molar-refractivity contribution >= 4 is 17.8 Å². The maximum atomic E-state index is 12.6. The molecule has 4 bridgehead atoms. The summed E-state index contributed by atoms with van der Waals surface area (Å²) in [5, 5.41) is 6.22. The average Bonchev–Trinajstić information content (AvgIpc) is 3.00.